The minimum absolute atomic E-state index is 0.170. The zero-order chi connectivity index (χ0) is 12.8. The third kappa shape index (κ3) is 3.40. The molecule has 2 heterocycles. The summed E-state index contributed by atoms with van der Waals surface area (Å²) in [6.07, 6.45) is 5.03. The molecule has 2 N–H and O–H groups in total. The summed E-state index contributed by atoms with van der Waals surface area (Å²) in [6.45, 7) is 2.26. The van der Waals surface area contributed by atoms with E-state index in [1.165, 1.54) is 6.20 Å². The monoisotopic (exact) mass is 250 g/mol. The van der Waals surface area contributed by atoms with Gasteiger partial charge in [0.25, 0.3) is 5.91 Å². The van der Waals surface area contributed by atoms with Crippen LogP contribution in [0.5, 0.6) is 0 Å². The largest absolute Gasteiger partial charge is 0.381 e. The van der Waals surface area contributed by atoms with Crippen LogP contribution in [0.2, 0.25) is 0 Å². The lowest BCUT2D eigenvalue weighted by Crippen LogP contribution is -2.32. The van der Waals surface area contributed by atoms with E-state index in [4.69, 9.17) is 4.74 Å². The van der Waals surface area contributed by atoms with E-state index in [9.17, 15) is 4.79 Å². The number of nitrogens with zero attached hydrogens (tertiary/aromatic N) is 2. The molecule has 0 unspecified atom stereocenters. The van der Waals surface area contributed by atoms with Crippen LogP contribution in [-0.2, 0) is 4.74 Å². The number of hydrogen-bond donors (Lipinski definition) is 2. The van der Waals surface area contributed by atoms with Crippen molar-refractivity contribution in [2.24, 2.45) is 5.92 Å². The third-order valence-electron chi connectivity index (χ3n) is 3.03. The van der Waals surface area contributed by atoms with Gasteiger partial charge >= 0.3 is 0 Å². The molecule has 0 spiro atoms. The Morgan fingerprint density at radius 2 is 2.17 bits per heavy atom. The van der Waals surface area contributed by atoms with Crippen LogP contribution < -0.4 is 10.6 Å². The quantitative estimate of drug-likeness (QED) is 0.821. The number of aromatic nitrogens is 2. The molecule has 6 heteroatoms. The Morgan fingerprint density at radius 1 is 1.39 bits per heavy atom. The van der Waals surface area contributed by atoms with Gasteiger partial charge in [0.2, 0.25) is 0 Å². The maximum atomic E-state index is 11.8. The summed E-state index contributed by atoms with van der Waals surface area (Å²) in [6, 6.07) is 0. The lowest BCUT2D eigenvalue weighted by atomic mass is 10.0. The molecule has 6 nitrogen and oxygen atoms in total. The number of amides is 1. The van der Waals surface area contributed by atoms with E-state index < -0.39 is 0 Å². The second kappa shape index (κ2) is 6.30. The number of rotatable bonds is 4. The van der Waals surface area contributed by atoms with Crippen LogP contribution >= 0.6 is 0 Å². The van der Waals surface area contributed by atoms with Crippen LogP contribution in [0.4, 0.5) is 5.82 Å². The van der Waals surface area contributed by atoms with Crippen molar-refractivity contribution in [3.05, 3.63) is 18.1 Å². The highest BCUT2D eigenvalue weighted by atomic mass is 16.5. The molecule has 1 fully saturated rings. The lowest BCUT2D eigenvalue weighted by molar-refractivity contribution is 0.0642. The van der Waals surface area contributed by atoms with E-state index in [-0.39, 0.29) is 5.91 Å². The Labute approximate surface area is 106 Å². The average Bonchev–Trinajstić information content (AvgIpc) is 2.46. The molecule has 1 aliphatic heterocycles. The Hall–Kier alpha value is -1.69. The van der Waals surface area contributed by atoms with Crippen molar-refractivity contribution in [3.8, 4) is 0 Å². The maximum Gasteiger partial charge on any atom is 0.271 e. The Balaban J connectivity index is 1.82. The van der Waals surface area contributed by atoms with Gasteiger partial charge in [-0.2, -0.15) is 0 Å². The van der Waals surface area contributed by atoms with Gasteiger partial charge in [-0.25, -0.2) is 9.97 Å². The molecular formula is C12H18N4O2. The first kappa shape index (κ1) is 12.8. The normalized spacial score (nSPS) is 16.3. The fraction of sp³-hybridized carbons (Fsp3) is 0.583. The summed E-state index contributed by atoms with van der Waals surface area (Å²) in [4.78, 5) is 19.9. The highest BCUT2D eigenvalue weighted by molar-refractivity contribution is 5.91. The molecule has 2 rings (SSSR count). The van der Waals surface area contributed by atoms with E-state index in [2.05, 4.69) is 20.6 Å². The minimum atomic E-state index is -0.170. The molecule has 0 atom stereocenters. The van der Waals surface area contributed by atoms with Crippen molar-refractivity contribution in [2.75, 3.05) is 32.1 Å². The smallest absolute Gasteiger partial charge is 0.271 e. The van der Waals surface area contributed by atoms with Gasteiger partial charge in [0.05, 0.1) is 12.4 Å². The van der Waals surface area contributed by atoms with E-state index in [1.54, 1.807) is 13.2 Å². The fourth-order valence-corrected chi connectivity index (χ4v) is 1.85. The van der Waals surface area contributed by atoms with Gasteiger partial charge in [-0.05, 0) is 18.8 Å². The van der Waals surface area contributed by atoms with Crippen LogP contribution in [0, 0.1) is 5.92 Å². The molecule has 1 amide bonds. The van der Waals surface area contributed by atoms with Crippen molar-refractivity contribution in [1.29, 1.82) is 0 Å². The SMILES string of the molecule is CNc1cnc(C(=O)NCC2CCOCC2)cn1. The Bertz CT molecular complexity index is 388. The number of ether oxygens (including phenoxy) is 1. The zero-order valence-corrected chi connectivity index (χ0v) is 10.5. The molecule has 0 bridgehead atoms. The summed E-state index contributed by atoms with van der Waals surface area (Å²) in [7, 11) is 1.76. The van der Waals surface area contributed by atoms with Crippen molar-refractivity contribution in [1.82, 2.24) is 15.3 Å². The number of nitrogens with one attached hydrogen (secondary N) is 2. The molecule has 0 aromatic carbocycles. The molecule has 1 saturated heterocycles. The summed E-state index contributed by atoms with van der Waals surface area (Å²) in [5.41, 5.74) is 0.348. The van der Waals surface area contributed by atoms with E-state index >= 15 is 0 Å². The van der Waals surface area contributed by atoms with Crippen molar-refractivity contribution < 1.29 is 9.53 Å². The molecule has 1 aliphatic rings. The topological polar surface area (TPSA) is 76.1 Å². The molecular weight excluding hydrogens is 232 g/mol. The van der Waals surface area contributed by atoms with E-state index in [1.807, 2.05) is 0 Å². The molecule has 0 radical (unpaired) electrons. The van der Waals surface area contributed by atoms with Gasteiger partial charge in [-0.15, -0.1) is 0 Å². The van der Waals surface area contributed by atoms with Crippen molar-refractivity contribution in [3.63, 3.8) is 0 Å². The van der Waals surface area contributed by atoms with Gasteiger partial charge < -0.3 is 15.4 Å². The lowest BCUT2D eigenvalue weighted by Gasteiger charge is -2.21. The highest BCUT2D eigenvalue weighted by Gasteiger charge is 2.15. The third-order valence-corrected chi connectivity index (χ3v) is 3.03. The van der Waals surface area contributed by atoms with Gasteiger partial charge in [-0.1, -0.05) is 0 Å². The summed E-state index contributed by atoms with van der Waals surface area (Å²) in [5.74, 6) is 0.986. The average molecular weight is 250 g/mol. The number of anilines is 1. The van der Waals surface area contributed by atoms with Crippen molar-refractivity contribution >= 4 is 11.7 Å². The standard InChI is InChI=1S/C12H18N4O2/c1-13-11-8-14-10(7-15-11)12(17)16-6-9-2-4-18-5-3-9/h7-9H,2-6H2,1H3,(H,13,15)(H,16,17). The van der Waals surface area contributed by atoms with Crippen molar-refractivity contribution in [2.45, 2.75) is 12.8 Å². The van der Waals surface area contributed by atoms with Crippen LogP contribution in [0.3, 0.4) is 0 Å². The number of carbonyl (C=O) groups is 1. The number of carbonyl (C=O) groups excluding carboxylic acids is 1. The Morgan fingerprint density at radius 3 is 2.78 bits per heavy atom. The predicted molar refractivity (Wildman–Crippen MR) is 67.5 cm³/mol. The Kier molecular flexibility index (Phi) is 4.46. The van der Waals surface area contributed by atoms with Gasteiger partial charge in [-0.3, -0.25) is 4.79 Å². The van der Waals surface area contributed by atoms with Gasteiger partial charge in [0, 0.05) is 26.8 Å². The first-order valence-electron chi connectivity index (χ1n) is 6.15. The summed E-state index contributed by atoms with van der Waals surface area (Å²) in [5, 5.41) is 5.75. The molecule has 18 heavy (non-hydrogen) atoms. The van der Waals surface area contributed by atoms with Gasteiger partial charge in [0.1, 0.15) is 11.5 Å². The summed E-state index contributed by atoms with van der Waals surface area (Å²) >= 11 is 0. The molecule has 98 valence electrons. The second-order valence-corrected chi connectivity index (χ2v) is 4.30. The van der Waals surface area contributed by atoms with Crippen LogP contribution in [-0.4, -0.2) is 42.7 Å². The van der Waals surface area contributed by atoms with Crippen LogP contribution in [0.1, 0.15) is 23.3 Å². The fourth-order valence-electron chi connectivity index (χ4n) is 1.85. The number of hydrogen-bond acceptors (Lipinski definition) is 5. The summed E-state index contributed by atoms with van der Waals surface area (Å²) < 4.78 is 5.27. The van der Waals surface area contributed by atoms with Gasteiger partial charge in [0.15, 0.2) is 0 Å². The molecule has 1 aromatic rings. The first-order chi connectivity index (χ1) is 8.79. The maximum absolute atomic E-state index is 11.8. The molecule has 0 aliphatic carbocycles. The molecule has 1 aromatic heterocycles. The van der Waals surface area contributed by atoms with E-state index in [0.717, 1.165) is 26.1 Å². The van der Waals surface area contributed by atoms with Crippen LogP contribution in [0.25, 0.3) is 0 Å². The zero-order valence-electron chi connectivity index (χ0n) is 10.5. The van der Waals surface area contributed by atoms with Crippen LogP contribution in [0.15, 0.2) is 12.4 Å². The highest BCUT2D eigenvalue weighted by Crippen LogP contribution is 2.13. The predicted octanol–water partition coefficient (Wildman–Crippen LogP) is 0.675. The minimum Gasteiger partial charge on any atom is -0.381 e. The molecule has 0 saturated carbocycles. The first-order valence-corrected chi connectivity index (χ1v) is 6.15. The van der Waals surface area contributed by atoms with E-state index in [0.29, 0.717) is 24.0 Å². The second-order valence-electron chi connectivity index (χ2n) is 4.30.